The van der Waals surface area contributed by atoms with Crippen LogP contribution in [0.15, 0.2) is 88.0 Å². The number of aryl methyl sites for hydroxylation is 2. The predicted molar refractivity (Wildman–Crippen MR) is 158 cm³/mol. The van der Waals surface area contributed by atoms with Gasteiger partial charge in [0.05, 0.1) is 11.5 Å². The van der Waals surface area contributed by atoms with Crippen molar-refractivity contribution in [2.24, 2.45) is 7.05 Å². The third-order valence-corrected chi connectivity index (χ3v) is 9.83. The number of hydrogen-bond acceptors (Lipinski definition) is 3. The maximum absolute atomic E-state index is 6.49. The highest BCUT2D eigenvalue weighted by atomic mass is 32.1. The van der Waals surface area contributed by atoms with E-state index in [9.17, 15) is 0 Å². The summed E-state index contributed by atoms with van der Waals surface area (Å²) in [6.45, 7) is 4.20. The minimum Gasteiger partial charge on any atom is -0.437 e. The first-order chi connectivity index (χ1) is 19.1. The molecule has 0 N–H and O–H groups in total. The average Bonchev–Trinajstić information content (AvgIpc) is 3.55. The third-order valence-electron chi connectivity index (χ3n) is 9.05. The zero-order valence-electron chi connectivity index (χ0n) is 21.9. The fraction of sp³-hybridized carbons (Fsp3) is 0.143. The minimum atomic E-state index is 0.199. The molecule has 10 rings (SSSR count). The van der Waals surface area contributed by atoms with E-state index in [1.165, 1.54) is 55.5 Å². The van der Waals surface area contributed by atoms with Gasteiger partial charge in [0.15, 0.2) is 11.3 Å². The second-order valence-corrected chi connectivity index (χ2v) is 11.9. The molecule has 2 unspecified atom stereocenters. The topological polar surface area (TPSA) is 29.9 Å². The highest BCUT2D eigenvalue weighted by Gasteiger charge is 2.47. The van der Waals surface area contributed by atoms with E-state index in [0.717, 1.165) is 27.6 Å². The van der Waals surface area contributed by atoms with Crippen molar-refractivity contribution in [1.82, 2.24) is 4.98 Å². The number of rotatable bonds is 1. The normalized spacial score (nSPS) is 17.1. The molecule has 0 fully saturated rings. The van der Waals surface area contributed by atoms with Crippen LogP contribution in [0.3, 0.4) is 0 Å². The fourth-order valence-corrected chi connectivity index (χ4v) is 8.10. The summed E-state index contributed by atoms with van der Waals surface area (Å²) in [5.74, 6) is 0.445. The first-order valence-corrected chi connectivity index (χ1v) is 14.4. The van der Waals surface area contributed by atoms with Crippen LogP contribution in [-0.2, 0) is 7.05 Å². The van der Waals surface area contributed by atoms with Gasteiger partial charge in [-0.1, -0.05) is 36.4 Å². The Labute approximate surface area is 230 Å². The molecule has 3 aliphatic carbocycles. The highest BCUT2D eigenvalue weighted by Crippen LogP contribution is 2.55. The molecule has 186 valence electrons. The first kappa shape index (κ1) is 21.6. The molecule has 0 spiro atoms. The lowest BCUT2D eigenvalue weighted by Gasteiger charge is -2.40. The van der Waals surface area contributed by atoms with E-state index in [0.29, 0.717) is 5.71 Å². The highest BCUT2D eigenvalue weighted by molar-refractivity contribution is 7.09. The van der Waals surface area contributed by atoms with Crippen LogP contribution < -0.4 is 4.57 Å². The van der Waals surface area contributed by atoms with Crippen LogP contribution in [0, 0.1) is 13.8 Å². The summed E-state index contributed by atoms with van der Waals surface area (Å²) in [6, 6.07) is 27.2. The van der Waals surface area contributed by atoms with Gasteiger partial charge in [-0.2, -0.15) is 15.9 Å². The van der Waals surface area contributed by atoms with Gasteiger partial charge in [0.25, 0.3) is 0 Å². The minimum absolute atomic E-state index is 0.199. The van der Waals surface area contributed by atoms with Crippen LogP contribution in [-0.4, -0.2) is 4.98 Å². The monoisotopic (exact) mass is 521 g/mol. The van der Waals surface area contributed by atoms with E-state index >= 15 is 0 Å². The van der Waals surface area contributed by atoms with Crippen molar-refractivity contribution < 1.29 is 8.98 Å². The van der Waals surface area contributed by atoms with E-state index in [2.05, 4.69) is 102 Å². The lowest BCUT2D eigenvalue weighted by molar-refractivity contribution is -0.669. The second kappa shape index (κ2) is 7.43. The summed E-state index contributed by atoms with van der Waals surface area (Å²) in [5, 5.41) is 9.44. The van der Waals surface area contributed by atoms with Crippen molar-refractivity contribution >= 4 is 44.2 Å². The lowest BCUT2D eigenvalue weighted by Crippen LogP contribution is -2.44. The molecule has 4 heteroatoms. The van der Waals surface area contributed by atoms with Gasteiger partial charge in [-0.25, -0.2) is 4.98 Å². The smallest absolute Gasteiger partial charge is 0.227 e. The van der Waals surface area contributed by atoms with Crippen molar-refractivity contribution in [2.75, 3.05) is 0 Å². The van der Waals surface area contributed by atoms with Gasteiger partial charge in [-0.15, -0.1) is 0 Å². The molecule has 0 saturated heterocycles. The molecule has 4 aromatic heterocycles. The predicted octanol–water partition coefficient (Wildman–Crippen LogP) is 8.29. The summed E-state index contributed by atoms with van der Waals surface area (Å²) in [5.41, 5.74) is 14.7. The van der Waals surface area contributed by atoms with Crippen LogP contribution >= 0.6 is 11.3 Å². The summed E-state index contributed by atoms with van der Waals surface area (Å²) in [4.78, 5) is 4.70. The number of nitrogens with zero attached hydrogens (tertiary/aromatic N) is 2. The van der Waals surface area contributed by atoms with Crippen LogP contribution in [0.25, 0.3) is 44.1 Å². The quantitative estimate of drug-likeness (QED) is 0.203. The van der Waals surface area contributed by atoms with Crippen molar-refractivity contribution in [3.63, 3.8) is 0 Å². The van der Waals surface area contributed by atoms with Crippen LogP contribution in [0.5, 0.6) is 0 Å². The molecule has 3 aromatic carbocycles. The Hall–Kier alpha value is -4.28. The molecule has 3 nitrogen and oxygen atoms in total. The number of pyridine rings is 2. The standard InChI is InChI=1S/C35H25N2OS/c1-18-8-10-24-25-11-9-19(2)36-35(25)38-34(24)30(18)29-13-12-26-31-22-6-4-5-7-23(22)32(33(26)37(29)3)28-15-21-17-39-16-20(21)14-27(28)31/h4-17,31-32H,1-3H3/q+1. The summed E-state index contributed by atoms with van der Waals surface area (Å²) in [7, 11) is 2.24. The Morgan fingerprint density at radius 1 is 0.744 bits per heavy atom. The van der Waals surface area contributed by atoms with Crippen molar-refractivity contribution in [3.8, 4) is 11.3 Å². The van der Waals surface area contributed by atoms with Gasteiger partial charge in [0.2, 0.25) is 11.4 Å². The third kappa shape index (κ3) is 2.72. The molecule has 7 aromatic rings. The zero-order valence-corrected chi connectivity index (χ0v) is 22.8. The number of fused-ring (bicyclic) bond motifs is 4. The van der Waals surface area contributed by atoms with Gasteiger partial charge in [-0.05, 0) is 93.5 Å². The van der Waals surface area contributed by atoms with E-state index in [1.807, 2.05) is 6.92 Å². The largest absolute Gasteiger partial charge is 0.437 e. The summed E-state index contributed by atoms with van der Waals surface area (Å²) in [6.07, 6.45) is 0. The molecule has 4 heterocycles. The van der Waals surface area contributed by atoms with E-state index in [1.54, 1.807) is 11.3 Å². The first-order valence-electron chi connectivity index (χ1n) is 13.5. The Morgan fingerprint density at radius 3 is 2.26 bits per heavy atom. The molecule has 0 aliphatic heterocycles. The molecular formula is C35H25N2OS+. The summed E-state index contributed by atoms with van der Waals surface area (Å²) >= 11 is 1.79. The number of thiophene rings is 1. The number of aromatic nitrogens is 2. The Kier molecular flexibility index (Phi) is 4.12. The SMILES string of the molecule is Cc1ccc2c(n1)oc1c(-c3ccc4c([n+]3C)C3c5ccccc5C4c4cc5cscc5cc43)c(C)ccc12. The van der Waals surface area contributed by atoms with Gasteiger partial charge in [-0.3, -0.25) is 0 Å². The van der Waals surface area contributed by atoms with E-state index in [4.69, 9.17) is 9.40 Å². The Morgan fingerprint density at radius 2 is 1.46 bits per heavy atom. The van der Waals surface area contributed by atoms with Crippen LogP contribution in [0.4, 0.5) is 0 Å². The number of hydrogen-bond donors (Lipinski definition) is 0. The Bertz CT molecular complexity index is 2180. The maximum Gasteiger partial charge on any atom is 0.227 e. The zero-order chi connectivity index (χ0) is 26.0. The average molecular weight is 522 g/mol. The number of furan rings is 1. The second-order valence-electron chi connectivity index (χ2n) is 11.1. The molecule has 0 amide bonds. The van der Waals surface area contributed by atoms with Gasteiger partial charge in [0, 0.05) is 34.0 Å². The number of benzene rings is 3. The van der Waals surface area contributed by atoms with E-state index in [-0.39, 0.29) is 11.8 Å². The van der Waals surface area contributed by atoms with Crippen molar-refractivity contribution in [2.45, 2.75) is 25.7 Å². The molecule has 3 aliphatic rings. The molecule has 39 heavy (non-hydrogen) atoms. The molecule has 2 atom stereocenters. The van der Waals surface area contributed by atoms with Crippen molar-refractivity contribution in [1.29, 1.82) is 0 Å². The molecule has 0 radical (unpaired) electrons. The maximum atomic E-state index is 6.49. The van der Waals surface area contributed by atoms with Crippen molar-refractivity contribution in [3.05, 3.63) is 128 Å². The van der Waals surface area contributed by atoms with Gasteiger partial charge in [0.1, 0.15) is 7.05 Å². The molecular weight excluding hydrogens is 496 g/mol. The fourth-order valence-electron chi connectivity index (χ4n) is 7.33. The van der Waals surface area contributed by atoms with E-state index < -0.39 is 0 Å². The van der Waals surface area contributed by atoms with Crippen LogP contribution in [0.1, 0.15) is 56.6 Å². The van der Waals surface area contributed by atoms with Gasteiger partial charge >= 0.3 is 0 Å². The van der Waals surface area contributed by atoms with Gasteiger partial charge < -0.3 is 4.42 Å². The lowest BCUT2D eigenvalue weighted by atomic mass is 9.62. The summed E-state index contributed by atoms with van der Waals surface area (Å²) < 4.78 is 8.93. The van der Waals surface area contributed by atoms with Crippen LogP contribution in [0.2, 0.25) is 0 Å². The Balaban J connectivity index is 1.35. The molecule has 2 bridgehead atoms. The molecule has 0 saturated carbocycles.